The van der Waals surface area contributed by atoms with Crippen LogP contribution in [0, 0.1) is 0 Å². The highest BCUT2D eigenvalue weighted by atomic mass is 127. The Morgan fingerprint density at radius 2 is 1.76 bits per heavy atom. The van der Waals surface area contributed by atoms with Crippen LogP contribution in [0.25, 0.3) is 11.2 Å². The van der Waals surface area contributed by atoms with E-state index in [4.69, 9.17) is 4.74 Å². The van der Waals surface area contributed by atoms with Gasteiger partial charge in [-0.05, 0) is 65.9 Å². The topological polar surface area (TPSA) is 76.4 Å². The third-order valence-corrected chi connectivity index (χ3v) is 8.76. The first kappa shape index (κ1) is 34.0. The molecule has 0 radical (unpaired) electrons. The van der Waals surface area contributed by atoms with Gasteiger partial charge in [0.1, 0.15) is 17.9 Å². The third kappa shape index (κ3) is 8.11. The lowest BCUT2D eigenvalue weighted by molar-refractivity contribution is 0.140. The van der Waals surface area contributed by atoms with Gasteiger partial charge in [0.2, 0.25) is 5.90 Å². The van der Waals surface area contributed by atoms with Crippen molar-refractivity contribution in [1.29, 1.82) is 0 Å². The number of imidazole rings is 1. The van der Waals surface area contributed by atoms with E-state index in [-0.39, 0.29) is 17.7 Å². The Morgan fingerprint density at radius 1 is 1.05 bits per heavy atom. The fourth-order valence-electron chi connectivity index (χ4n) is 4.07. The van der Waals surface area contributed by atoms with Gasteiger partial charge < -0.3 is 15.4 Å². The maximum atomic E-state index is 13.9. The van der Waals surface area contributed by atoms with Crippen LogP contribution in [0.4, 0.5) is 26.0 Å². The predicted molar refractivity (Wildman–Crippen MR) is 185 cm³/mol. The molecule has 226 valence electrons. The highest BCUT2D eigenvalue weighted by molar-refractivity contribution is 14.2. The van der Waals surface area contributed by atoms with E-state index < -0.39 is 6.43 Å². The number of rotatable bonds is 9. The first-order valence-electron chi connectivity index (χ1n) is 13.8. The maximum Gasteiger partial charge on any atom is 0.295 e. The maximum absolute atomic E-state index is 13.9. The average Bonchev–Trinajstić information content (AvgIpc) is 3.58. The lowest BCUT2D eigenvalue weighted by Crippen LogP contribution is -2.17. The van der Waals surface area contributed by atoms with Crippen LogP contribution >= 0.6 is 40.2 Å². The first-order valence-corrected chi connectivity index (χ1v) is 19.1. The number of alkyl halides is 2. The van der Waals surface area contributed by atoms with Crippen LogP contribution in [0.2, 0.25) is 0 Å². The van der Waals surface area contributed by atoms with Crippen molar-refractivity contribution in [2.24, 2.45) is 4.99 Å². The Labute approximate surface area is 266 Å². The number of ether oxygens (including phenoxy) is 1. The molecule has 2 aromatic heterocycles. The van der Waals surface area contributed by atoms with Crippen molar-refractivity contribution in [2.45, 2.75) is 64.9 Å². The van der Waals surface area contributed by atoms with Crippen molar-refractivity contribution in [3.63, 3.8) is 0 Å². The number of hydrogen-bond acceptors (Lipinski definition) is 7. The molecule has 1 unspecified atom stereocenters. The van der Waals surface area contributed by atoms with Crippen molar-refractivity contribution in [3.05, 3.63) is 71.5 Å². The first-order chi connectivity index (χ1) is 20.3. The fourth-order valence-corrected chi connectivity index (χ4v) is 6.55. The van der Waals surface area contributed by atoms with Crippen molar-refractivity contribution in [3.8, 4) is 0 Å². The van der Waals surface area contributed by atoms with E-state index in [1.54, 1.807) is 11.8 Å². The number of aromatic nitrogens is 3. The Hall–Kier alpha value is -2.50. The lowest BCUT2D eigenvalue weighted by atomic mass is 10.1. The van der Waals surface area contributed by atoms with E-state index in [1.165, 1.54) is 4.34 Å². The van der Waals surface area contributed by atoms with E-state index in [0.717, 1.165) is 21.7 Å². The largest absolute Gasteiger partial charge is 0.475 e. The normalized spacial score (nSPS) is 13.7. The van der Waals surface area contributed by atoms with Crippen LogP contribution in [0.5, 0.6) is 0 Å². The van der Waals surface area contributed by atoms with Gasteiger partial charge >= 0.3 is 0 Å². The van der Waals surface area contributed by atoms with Crippen LogP contribution < -0.4 is 10.6 Å². The highest BCUT2D eigenvalue weighted by Gasteiger charge is 2.27. The van der Waals surface area contributed by atoms with E-state index in [9.17, 15) is 8.78 Å². The van der Waals surface area contributed by atoms with Crippen LogP contribution in [-0.2, 0) is 11.3 Å². The molecule has 0 amide bonds. The SMILES string of the molecule is CC.CC.CSc1cc(C2=NC(C)(C)CO2)ccc1Nc1cc(NCc2ccccc2)nc2c1nc(C(F)F)n2PI. The average molecular weight is 727 g/mol. The standard InChI is InChI=1S/C26H26F2IN6OPS.2C2H6/c1-26(2)14-36-25(34-26)16-9-10-17(19(11-16)38-3)31-18-12-20(30-13-15-7-5-4-6-8-15)32-23-21(18)33-24(22(27)28)35(23)37-29;2*1-2/h4-12,22,37H,13-14H2,1-3H3,(H2,30,31,32);2*1-2H3. The van der Waals surface area contributed by atoms with Gasteiger partial charge in [-0.1, -0.05) is 58.0 Å². The third-order valence-electron chi connectivity index (χ3n) is 5.92. The Balaban J connectivity index is 0.00000116. The molecule has 0 fully saturated rings. The van der Waals surface area contributed by atoms with E-state index in [1.807, 2.05) is 102 Å². The molecule has 0 saturated carbocycles. The molecule has 4 aromatic rings. The smallest absolute Gasteiger partial charge is 0.295 e. The molecule has 2 aromatic carbocycles. The number of halogens is 3. The van der Waals surface area contributed by atoms with Gasteiger partial charge in [0.15, 0.2) is 11.5 Å². The quantitative estimate of drug-likeness (QED) is 0.102. The van der Waals surface area contributed by atoms with Crippen LogP contribution in [-0.4, -0.2) is 38.6 Å². The molecule has 12 heteroatoms. The van der Waals surface area contributed by atoms with Crippen molar-refractivity contribution >= 4 is 74.4 Å². The molecule has 0 saturated heterocycles. The fraction of sp³-hybridized carbons (Fsp3) is 0.367. The minimum absolute atomic E-state index is 0.0243. The second-order valence-corrected chi connectivity index (χ2v) is 12.2. The van der Waals surface area contributed by atoms with Crippen LogP contribution in [0.1, 0.15) is 64.9 Å². The molecule has 1 atom stereocenters. The zero-order chi connectivity index (χ0) is 30.9. The van der Waals surface area contributed by atoms with Gasteiger partial charge in [0.25, 0.3) is 6.43 Å². The molecule has 42 heavy (non-hydrogen) atoms. The summed E-state index contributed by atoms with van der Waals surface area (Å²) in [4.78, 5) is 14.6. The molecule has 0 bridgehead atoms. The summed E-state index contributed by atoms with van der Waals surface area (Å²) in [6.45, 7) is 13.2. The highest BCUT2D eigenvalue weighted by Crippen LogP contribution is 2.39. The molecule has 2 N–H and O–H groups in total. The minimum Gasteiger partial charge on any atom is -0.475 e. The summed E-state index contributed by atoms with van der Waals surface area (Å²) >= 11 is 3.65. The number of benzene rings is 2. The number of nitrogens with one attached hydrogen (secondary N) is 2. The van der Waals surface area contributed by atoms with Crippen LogP contribution in [0.3, 0.4) is 0 Å². The molecule has 3 heterocycles. The number of aliphatic imine (C=N–C) groups is 1. The summed E-state index contributed by atoms with van der Waals surface area (Å²) in [5, 5.41) is 6.78. The van der Waals surface area contributed by atoms with Crippen molar-refractivity contribution in [1.82, 2.24) is 14.3 Å². The molecule has 1 aliphatic heterocycles. The van der Waals surface area contributed by atoms with Gasteiger partial charge in [-0.25, -0.2) is 23.7 Å². The number of anilines is 3. The number of hydrogen-bond donors (Lipinski definition) is 2. The summed E-state index contributed by atoms with van der Waals surface area (Å²) in [6, 6.07) is 17.7. The minimum atomic E-state index is -2.71. The second kappa shape index (κ2) is 15.8. The number of fused-ring (bicyclic) bond motifs is 1. The molecule has 5 rings (SSSR count). The number of nitrogens with zero attached hydrogens (tertiary/aromatic N) is 4. The Bertz CT molecular complexity index is 1500. The zero-order valence-corrected chi connectivity index (χ0v) is 28.9. The van der Waals surface area contributed by atoms with E-state index in [0.29, 0.717) is 41.7 Å². The van der Waals surface area contributed by atoms with E-state index >= 15 is 0 Å². The number of thioether (sulfide) groups is 1. The summed E-state index contributed by atoms with van der Waals surface area (Å²) < 4.78 is 35.1. The van der Waals surface area contributed by atoms with E-state index in [2.05, 4.69) is 47.6 Å². The van der Waals surface area contributed by atoms with Gasteiger partial charge in [-0.3, -0.25) is 4.34 Å². The van der Waals surface area contributed by atoms with Gasteiger partial charge in [0, 0.05) is 23.1 Å². The van der Waals surface area contributed by atoms with Crippen molar-refractivity contribution < 1.29 is 13.5 Å². The summed E-state index contributed by atoms with van der Waals surface area (Å²) in [6.07, 6.45) is -0.699. The summed E-state index contributed by atoms with van der Waals surface area (Å²) in [7, 11) is 0. The molecule has 1 aliphatic rings. The molecule has 0 aliphatic carbocycles. The molecular weight excluding hydrogens is 688 g/mol. The second-order valence-electron chi connectivity index (χ2n) is 9.32. The molecule has 7 nitrogen and oxygen atoms in total. The van der Waals surface area contributed by atoms with Gasteiger partial charge in [0.05, 0.1) is 23.3 Å². The Kier molecular flexibility index (Phi) is 12.8. The number of pyridine rings is 1. The molecule has 0 spiro atoms. The molecular formula is C30H38F2IN6OPS. The zero-order valence-electron chi connectivity index (χ0n) is 24.9. The predicted octanol–water partition coefficient (Wildman–Crippen LogP) is 9.85. The Morgan fingerprint density at radius 3 is 2.36 bits per heavy atom. The summed E-state index contributed by atoms with van der Waals surface area (Å²) in [5.74, 6) is 0.903. The lowest BCUT2D eigenvalue weighted by Gasteiger charge is -2.14. The summed E-state index contributed by atoms with van der Waals surface area (Å²) in [5.41, 5.74) is 3.96. The van der Waals surface area contributed by atoms with Crippen LogP contribution in [0.15, 0.2) is 64.5 Å². The van der Waals surface area contributed by atoms with Gasteiger partial charge in [-0.2, -0.15) is 0 Å². The van der Waals surface area contributed by atoms with Gasteiger partial charge in [-0.15, -0.1) is 11.8 Å². The monoisotopic (exact) mass is 726 g/mol. The van der Waals surface area contributed by atoms with Crippen molar-refractivity contribution in [2.75, 3.05) is 23.5 Å².